The zero-order valence-corrected chi connectivity index (χ0v) is 18.6. The topological polar surface area (TPSA) is 57.0 Å². The second kappa shape index (κ2) is 16.6. The number of hydrogen-bond acceptors (Lipinski definition) is 1. The Morgan fingerprint density at radius 2 is 1.18 bits per heavy atom. The first-order valence-corrected chi connectivity index (χ1v) is 12.0. The molecule has 0 aliphatic heterocycles. The van der Waals surface area contributed by atoms with E-state index in [2.05, 4.69) is 11.9 Å². The summed E-state index contributed by atoms with van der Waals surface area (Å²) in [5, 5.41) is 9.06. The molecule has 4 heteroatoms. The van der Waals surface area contributed by atoms with E-state index in [0.717, 1.165) is 18.7 Å². The first kappa shape index (κ1) is 24.7. The van der Waals surface area contributed by atoms with Gasteiger partial charge in [0.2, 0.25) is 0 Å². The van der Waals surface area contributed by atoms with Crippen molar-refractivity contribution < 1.29 is 14.5 Å². The molecule has 162 valence electrons. The number of carbonyl (C=O) groups is 1. The molecular weight excluding hydrogens is 348 g/mol. The van der Waals surface area contributed by atoms with Crippen molar-refractivity contribution in [2.75, 3.05) is 0 Å². The smallest absolute Gasteiger partial charge is 0.379 e. The van der Waals surface area contributed by atoms with Crippen molar-refractivity contribution >= 4 is 5.97 Å². The third kappa shape index (κ3) is 11.5. The van der Waals surface area contributed by atoms with Gasteiger partial charge in [0, 0.05) is 6.42 Å². The van der Waals surface area contributed by atoms with Crippen LogP contribution in [-0.2, 0) is 13.5 Å². The van der Waals surface area contributed by atoms with Gasteiger partial charge in [0.1, 0.15) is 6.20 Å². The lowest BCUT2D eigenvalue weighted by atomic mass is 10.0. The molecule has 4 nitrogen and oxygen atoms in total. The average molecular weight is 394 g/mol. The normalized spacial score (nSPS) is 11.2. The van der Waals surface area contributed by atoms with Gasteiger partial charge in [-0.25, -0.2) is 14.3 Å². The lowest BCUT2D eigenvalue weighted by Crippen LogP contribution is -2.37. The molecule has 0 aromatic carbocycles. The maximum atomic E-state index is 11.0. The molecule has 0 fully saturated rings. The lowest BCUT2D eigenvalue weighted by molar-refractivity contribution is -0.680. The molecule has 2 N–H and O–H groups in total. The molecule has 0 atom stereocenters. The van der Waals surface area contributed by atoms with Gasteiger partial charge in [0.15, 0.2) is 0 Å². The number of unbranched alkanes of at least 4 members (excludes halogenated alkanes) is 16. The Bertz CT molecular complexity index is 511. The minimum absolute atomic E-state index is 0.335. The first-order chi connectivity index (χ1) is 13.7. The largest absolute Gasteiger partial charge is 0.475 e. The van der Waals surface area contributed by atoms with Crippen LogP contribution in [0.25, 0.3) is 0 Å². The number of aromatic amines is 1. The molecule has 1 aromatic rings. The van der Waals surface area contributed by atoms with E-state index in [-0.39, 0.29) is 0 Å². The number of hydrogen-bond donors (Lipinski definition) is 2. The predicted octanol–water partition coefficient (Wildman–Crippen LogP) is 6.73. The van der Waals surface area contributed by atoms with Crippen molar-refractivity contribution in [1.82, 2.24) is 4.98 Å². The molecule has 0 bridgehead atoms. The van der Waals surface area contributed by atoms with Crippen LogP contribution in [0.2, 0.25) is 0 Å². The number of nitrogens with zero attached hydrogens (tertiary/aromatic N) is 1. The van der Waals surface area contributed by atoms with E-state index < -0.39 is 5.97 Å². The van der Waals surface area contributed by atoms with E-state index in [1.165, 1.54) is 103 Å². The van der Waals surface area contributed by atoms with E-state index in [1.54, 1.807) is 10.8 Å². The number of aromatic carboxylic acids is 1. The maximum absolute atomic E-state index is 11.0. The van der Waals surface area contributed by atoms with E-state index >= 15 is 0 Å². The summed E-state index contributed by atoms with van der Waals surface area (Å²) in [6.07, 6.45) is 26.0. The summed E-state index contributed by atoms with van der Waals surface area (Å²) in [5.74, 6) is 0.144. The van der Waals surface area contributed by atoms with Gasteiger partial charge in [-0.15, -0.1) is 0 Å². The van der Waals surface area contributed by atoms with Crippen molar-refractivity contribution in [3.63, 3.8) is 0 Å². The molecule has 1 rings (SSSR count). The molecule has 0 amide bonds. The summed E-state index contributed by atoms with van der Waals surface area (Å²) in [6.45, 7) is 2.28. The highest BCUT2D eigenvalue weighted by Crippen LogP contribution is 2.14. The van der Waals surface area contributed by atoms with Crippen molar-refractivity contribution in [2.24, 2.45) is 7.05 Å². The standard InChI is InChI=1S/C24H44N2O2/c1-3-4-5-6-7-8-9-10-11-12-13-14-15-16-17-18-19-20-23-25-21-22(24(27)28)26(23)2/h21H,3-20H2,1-2H3,(H,27,28)/p+1. The summed E-state index contributed by atoms with van der Waals surface area (Å²) in [5.41, 5.74) is 0.335. The van der Waals surface area contributed by atoms with Crippen LogP contribution in [0.15, 0.2) is 6.20 Å². The molecule has 0 radical (unpaired) electrons. The van der Waals surface area contributed by atoms with Crippen molar-refractivity contribution in [3.05, 3.63) is 17.7 Å². The minimum Gasteiger partial charge on any atom is -0.475 e. The van der Waals surface area contributed by atoms with E-state index in [4.69, 9.17) is 5.11 Å². The molecule has 1 heterocycles. The summed E-state index contributed by atoms with van der Waals surface area (Å²) in [6, 6.07) is 0. The fraction of sp³-hybridized carbons (Fsp3) is 0.833. The van der Waals surface area contributed by atoms with Gasteiger partial charge < -0.3 is 5.11 Å². The second-order valence-corrected chi connectivity index (χ2v) is 8.39. The van der Waals surface area contributed by atoms with Crippen molar-refractivity contribution in [2.45, 2.75) is 122 Å². The maximum Gasteiger partial charge on any atom is 0.379 e. The van der Waals surface area contributed by atoms with E-state index in [0.29, 0.717) is 5.69 Å². The Morgan fingerprint density at radius 3 is 1.54 bits per heavy atom. The van der Waals surface area contributed by atoms with Gasteiger partial charge in [-0.3, -0.25) is 0 Å². The highest BCUT2D eigenvalue weighted by molar-refractivity contribution is 5.83. The van der Waals surface area contributed by atoms with Crippen LogP contribution < -0.4 is 4.57 Å². The van der Waals surface area contributed by atoms with Gasteiger partial charge in [0.05, 0.1) is 7.05 Å². The van der Waals surface area contributed by atoms with Crippen LogP contribution in [-0.4, -0.2) is 16.1 Å². The highest BCUT2D eigenvalue weighted by Gasteiger charge is 2.19. The fourth-order valence-electron chi connectivity index (χ4n) is 3.95. The molecule has 0 aliphatic carbocycles. The third-order valence-corrected chi connectivity index (χ3v) is 5.88. The molecule has 0 spiro atoms. The van der Waals surface area contributed by atoms with Crippen LogP contribution >= 0.6 is 0 Å². The number of carboxylic acids is 1. The average Bonchev–Trinajstić information content (AvgIpc) is 3.05. The number of aromatic nitrogens is 2. The highest BCUT2D eigenvalue weighted by atomic mass is 16.4. The Hall–Kier alpha value is -1.32. The number of rotatable bonds is 19. The summed E-state index contributed by atoms with van der Waals surface area (Å²) < 4.78 is 1.76. The number of carboxylic acid groups (broad SMARTS) is 1. The SMILES string of the molecule is CCCCCCCCCCCCCCCCCCCc1[nH]cc(C(=O)O)[n+]1C. The number of aryl methyl sites for hydroxylation is 1. The number of H-pyrrole nitrogens is 1. The number of nitrogens with one attached hydrogen (secondary N) is 1. The molecule has 28 heavy (non-hydrogen) atoms. The van der Waals surface area contributed by atoms with Crippen LogP contribution in [0.3, 0.4) is 0 Å². The quantitative estimate of drug-likeness (QED) is 0.202. The first-order valence-electron chi connectivity index (χ1n) is 12.0. The van der Waals surface area contributed by atoms with Crippen LogP contribution in [0.4, 0.5) is 0 Å². The van der Waals surface area contributed by atoms with Crippen molar-refractivity contribution in [1.29, 1.82) is 0 Å². The van der Waals surface area contributed by atoms with Gasteiger partial charge in [-0.1, -0.05) is 110 Å². The summed E-state index contributed by atoms with van der Waals surface area (Å²) in [7, 11) is 1.82. The van der Waals surface area contributed by atoms with E-state index in [1.807, 2.05) is 7.05 Å². The van der Waals surface area contributed by atoms with Gasteiger partial charge in [0.25, 0.3) is 11.5 Å². The molecule has 0 aliphatic rings. The molecule has 0 unspecified atom stereocenters. The van der Waals surface area contributed by atoms with Crippen LogP contribution in [0.5, 0.6) is 0 Å². The van der Waals surface area contributed by atoms with Crippen molar-refractivity contribution in [3.8, 4) is 0 Å². The zero-order valence-electron chi connectivity index (χ0n) is 18.6. The zero-order chi connectivity index (χ0) is 20.5. The monoisotopic (exact) mass is 393 g/mol. The Labute approximate surface area is 173 Å². The number of imidazole rings is 1. The summed E-state index contributed by atoms with van der Waals surface area (Å²) >= 11 is 0. The fourth-order valence-corrected chi connectivity index (χ4v) is 3.95. The Balaban J connectivity index is 1.82. The van der Waals surface area contributed by atoms with Crippen LogP contribution in [0.1, 0.15) is 132 Å². The Kier molecular flexibility index (Phi) is 14.7. The molecule has 0 saturated heterocycles. The Morgan fingerprint density at radius 1 is 0.786 bits per heavy atom. The molecule has 0 saturated carbocycles. The second-order valence-electron chi connectivity index (χ2n) is 8.39. The van der Waals surface area contributed by atoms with Gasteiger partial charge in [-0.05, 0) is 6.42 Å². The van der Waals surface area contributed by atoms with E-state index in [9.17, 15) is 4.79 Å². The predicted molar refractivity (Wildman–Crippen MR) is 117 cm³/mol. The minimum atomic E-state index is -0.868. The van der Waals surface area contributed by atoms with Gasteiger partial charge >= 0.3 is 5.97 Å². The molecule has 1 aromatic heterocycles. The van der Waals surface area contributed by atoms with Gasteiger partial charge in [-0.2, -0.15) is 0 Å². The summed E-state index contributed by atoms with van der Waals surface area (Å²) in [4.78, 5) is 14.1. The lowest BCUT2D eigenvalue weighted by Gasteiger charge is -2.03. The third-order valence-electron chi connectivity index (χ3n) is 5.88. The molecular formula is C24H45N2O2+. The van der Waals surface area contributed by atoms with Crippen LogP contribution in [0, 0.1) is 0 Å².